The fourth-order valence-corrected chi connectivity index (χ4v) is 3.84. The minimum absolute atomic E-state index is 0.404. The third kappa shape index (κ3) is 3.01. The molecule has 2 nitrogen and oxygen atoms in total. The van der Waals surface area contributed by atoms with Crippen LogP contribution in [-0.2, 0) is 6.42 Å². The van der Waals surface area contributed by atoms with Gasteiger partial charge in [-0.2, -0.15) is 0 Å². The van der Waals surface area contributed by atoms with E-state index in [-0.39, 0.29) is 0 Å². The summed E-state index contributed by atoms with van der Waals surface area (Å²) in [4.78, 5) is 0. The van der Waals surface area contributed by atoms with Gasteiger partial charge in [-0.1, -0.05) is 31.0 Å². The van der Waals surface area contributed by atoms with E-state index < -0.39 is 0 Å². The average Bonchev–Trinajstić information content (AvgIpc) is 3.02. The second-order valence-corrected chi connectivity index (χ2v) is 6.54. The van der Waals surface area contributed by atoms with E-state index in [9.17, 15) is 0 Å². The van der Waals surface area contributed by atoms with Gasteiger partial charge in [-0.15, -0.1) is 0 Å². The van der Waals surface area contributed by atoms with Crippen LogP contribution in [-0.4, -0.2) is 18.7 Å². The molecule has 1 aliphatic heterocycles. The molecule has 1 aliphatic carbocycles. The monoisotopic (exact) mass is 273 g/mol. The van der Waals surface area contributed by atoms with Gasteiger partial charge in [0.1, 0.15) is 11.9 Å². The van der Waals surface area contributed by atoms with Gasteiger partial charge in [-0.05, 0) is 56.7 Å². The Bertz CT molecular complexity index is 457. The van der Waals surface area contributed by atoms with Crippen molar-refractivity contribution in [1.29, 1.82) is 0 Å². The van der Waals surface area contributed by atoms with Crippen LogP contribution < -0.4 is 10.1 Å². The Kier molecular flexibility index (Phi) is 4.30. The van der Waals surface area contributed by atoms with E-state index in [2.05, 4.69) is 37.4 Å². The molecule has 2 heteroatoms. The van der Waals surface area contributed by atoms with E-state index in [1.165, 1.54) is 43.2 Å². The molecule has 3 atom stereocenters. The number of ether oxygens (including phenoxy) is 1. The Hall–Kier alpha value is -1.02. The molecular formula is C18H27NO. The topological polar surface area (TPSA) is 21.3 Å². The Morgan fingerprint density at radius 3 is 3.05 bits per heavy atom. The van der Waals surface area contributed by atoms with Gasteiger partial charge in [0, 0.05) is 12.5 Å². The lowest BCUT2D eigenvalue weighted by Gasteiger charge is -2.23. The van der Waals surface area contributed by atoms with Crippen molar-refractivity contribution in [2.45, 2.75) is 64.5 Å². The van der Waals surface area contributed by atoms with E-state index >= 15 is 0 Å². The third-order valence-electron chi connectivity index (χ3n) is 4.84. The molecule has 1 heterocycles. The summed E-state index contributed by atoms with van der Waals surface area (Å²) in [6.45, 7) is 5.57. The van der Waals surface area contributed by atoms with E-state index in [1.807, 2.05) is 0 Å². The van der Waals surface area contributed by atoms with Crippen LogP contribution in [0.2, 0.25) is 0 Å². The van der Waals surface area contributed by atoms with Gasteiger partial charge in [0.2, 0.25) is 0 Å². The van der Waals surface area contributed by atoms with Crippen molar-refractivity contribution in [2.24, 2.45) is 5.92 Å². The van der Waals surface area contributed by atoms with Crippen LogP contribution in [0.25, 0.3) is 0 Å². The van der Waals surface area contributed by atoms with Crippen molar-refractivity contribution in [3.63, 3.8) is 0 Å². The molecule has 1 fully saturated rings. The third-order valence-corrected chi connectivity index (χ3v) is 4.84. The molecule has 1 aromatic carbocycles. The van der Waals surface area contributed by atoms with Crippen LogP contribution in [0.15, 0.2) is 18.2 Å². The van der Waals surface area contributed by atoms with Gasteiger partial charge in [-0.3, -0.25) is 0 Å². The molecule has 3 rings (SSSR count). The molecule has 0 radical (unpaired) electrons. The molecule has 0 amide bonds. The summed E-state index contributed by atoms with van der Waals surface area (Å²) in [7, 11) is 0. The number of rotatable bonds is 5. The molecule has 0 saturated heterocycles. The summed E-state index contributed by atoms with van der Waals surface area (Å²) >= 11 is 0. The van der Waals surface area contributed by atoms with E-state index in [0.717, 1.165) is 30.7 Å². The van der Waals surface area contributed by atoms with Crippen molar-refractivity contribution >= 4 is 0 Å². The van der Waals surface area contributed by atoms with Crippen molar-refractivity contribution in [3.05, 3.63) is 29.3 Å². The molecule has 3 unspecified atom stereocenters. The molecular weight excluding hydrogens is 246 g/mol. The van der Waals surface area contributed by atoms with Crippen LogP contribution >= 0.6 is 0 Å². The van der Waals surface area contributed by atoms with Gasteiger partial charge < -0.3 is 10.1 Å². The summed E-state index contributed by atoms with van der Waals surface area (Å²) in [6, 6.07) is 7.31. The minimum atomic E-state index is 0.404. The normalized spacial score (nSPS) is 28.4. The van der Waals surface area contributed by atoms with Gasteiger partial charge in [0.25, 0.3) is 0 Å². The zero-order valence-electron chi connectivity index (χ0n) is 12.8. The molecule has 1 N–H and O–H groups in total. The van der Waals surface area contributed by atoms with Crippen LogP contribution in [0.3, 0.4) is 0 Å². The summed E-state index contributed by atoms with van der Waals surface area (Å²) in [5.74, 6) is 1.93. The van der Waals surface area contributed by atoms with E-state index in [0.29, 0.717) is 6.10 Å². The maximum absolute atomic E-state index is 6.15. The number of benzene rings is 1. The standard InChI is InChI=1S/C18H27NO/c1-3-9-19-17-6-4-5-14(17)11-16-12-15-10-13(2)7-8-18(15)20-16/h7-8,10,14,16-17,19H,3-6,9,11-12H2,1-2H3. The Labute approximate surface area is 122 Å². The second kappa shape index (κ2) is 6.17. The lowest BCUT2D eigenvalue weighted by Crippen LogP contribution is -2.35. The lowest BCUT2D eigenvalue weighted by atomic mass is 9.94. The highest BCUT2D eigenvalue weighted by Crippen LogP contribution is 2.36. The first-order chi connectivity index (χ1) is 9.76. The van der Waals surface area contributed by atoms with Crippen molar-refractivity contribution < 1.29 is 4.74 Å². The van der Waals surface area contributed by atoms with E-state index in [4.69, 9.17) is 4.74 Å². The Morgan fingerprint density at radius 1 is 1.30 bits per heavy atom. The van der Waals surface area contributed by atoms with E-state index in [1.54, 1.807) is 0 Å². The predicted octanol–water partition coefficient (Wildman–Crippen LogP) is 3.86. The Balaban J connectivity index is 1.57. The number of hydrogen-bond acceptors (Lipinski definition) is 2. The smallest absolute Gasteiger partial charge is 0.123 e. The number of aryl methyl sites for hydroxylation is 1. The predicted molar refractivity (Wildman–Crippen MR) is 83.3 cm³/mol. The fourth-order valence-electron chi connectivity index (χ4n) is 3.84. The lowest BCUT2D eigenvalue weighted by molar-refractivity contribution is 0.183. The van der Waals surface area contributed by atoms with Gasteiger partial charge in [0.05, 0.1) is 0 Å². The van der Waals surface area contributed by atoms with Gasteiger partial charge in [-0.25, -0.2) is 0 Å². The first kappa shape index (κ1) is 13.9. The number of hydrogen-bond donors (Lipinski definition) is 1. The molecule has 0 bridgehead atoms. The maximum atomic E-state index is 6.15. The summed E-state index contributed by atoms with van der Waals surface area (Å²) in [6.07, 6.45) is 8.06. The molecule has 20 heavy (non-hydrogen) atoms. The SMILES string of the molecule is CCCNC1CCCC1CC1Cc2cc(C)ccc2O1. The summed E-state index contributed by atoms with van der Waals surface area (Å²) in [5, 5.41) is 3.73. The average molecular weight is 273 g/mol. The quantitative estimate of drug-likeness (QED) is 0.879. The molecule has 1 saturated carbocycles. The molecule has 0 aromatic heterocycles. The minimum Gasteiger partial charge on any atom is -0.490 e. The van der Waals surface area contributed by atoms with Crippen LogP contribution in [0.5, 0.6) is 5.75 Å². The van der Waals surface area contributed by atoms with Gasteiger partial charge in [0.15, 0.2) is 0 Å². The fraction of sp³-hybridized carbons (Fsp3) is 0.667. The zero-order valence-corrected chi connectivity index (χ0v) is 12.8. The highest BCUT2D eigenvalue weighted by molar-refractivity contribution is 5.40. The molecule has 2 aliphatic rings. The van der Waals surface area contributed by atoms with Gasteiger partial charge >= 0.3 is 0 Å². The zero-order chi connectivity index (χ0) is 13.9. The summed E-state index contributed by atoms with van der Waals surface area (Å²) < 4.78 is 6.15. The maximum Gasteiger partial charge on any atom is 0.123 e. The van der Waals surface area contributed by atoms with Crippen LogP contribution in [0.4, 0.5) is 0 Å². The molecule has 1 aromatic rings. The first-order valence-electron chi connectivity index (χ1n) is 8.26. The first-order valence-corrected chi connectivity index (χ1v) is 8.26. The summed E-state index contributed by atoms with van der Waals surface area (Å²) in [5.41, 5.74) is 2.75. The second-order valence-electron chi connectivity index (χ2n) is 6.54. The Morgan fingerprint density at radius 2 is 2.20 bits per heavy atom. The highest BCUT2D eigenvalue weighted by Gasteiger charge is 2.32. The van der Waals surface area contributed by atoms with Crippen molar-refractivity contribution in [2.75, 3.05) is 6.54 Å². The highest BCUT2D eigenvalue weighted by atomic mass is 16.5. The molecule has 0 spiro atoms. The number of nitrogens with one attached hydrogen (secondary N) is 1. The van der Waals surface area contributed by atoms with Crippen molar-refractivity contribution in [1.82, 2.24) is 5.32 Å². The molecule has 110 valence electrons. The largest absolute Gasteiger partial charge is 0.490 e. The van der Waals surface area contributed by atoms with Crippen LogP contribution in [0, 0.1) is 12.8 Å². The number of fused-ring (bicyclic) bond motifs is 1. The van der Waals surface area contributed by atoms with Crippen LogP contribution in [0.1, 0.15) is 50.2 Å². The van der Waals surface area contributed by atoms with Crippen molar-refractivity contribution in [3.8, 4) is 5.75 Å².